The molecule has 0 radical (unpaired) electrons. The molecule has 1 N–H and O–H groups in total. The van der Waals surface area contributed by atoms with Crippen molar-refractivity contribution in [2.24, 2.45) is 0 Å². The Kier molecular flexibility index (Phi) is 7.13. The van der Waals surface area contributed by atoms with Gasteiger partial charge in [-0.15, -0.1) is 0 Å². The number of ketones is 1. The van der Waals surface area contributed by atoms with Crippen LogP contribution in [-0.2, 0) is 14.3 Å². The van der Waals surface area contributed by atoms with E-state index in [1.807, 2.05) is 6.92 Å². The molecule has 1 unspecified atom stereocenters. The molecule has 30 heavy (non-hydrogen) atoms. The highest BCUT2D eigenvalue weighted by Gasteiger charge is 2.45. The molecule has 0 saturated carbocycles. The van der Waals surface area contributed by atoms with Crippen molar-refractivity contribution in [3.05, 3.63) is 70.3 Å². The average molecular weight is 430 g/mol. The number of nitrogens with zero attached hydrogens (tertiary/aromatic N) is 1. The molecule has 0 bridgehead atoms. The molecule has 7 heteroatoms. The molecule has 0 spiro atoms. The molecule has 1 aliphatic heterocycles. The van der Waals surface area contributed by atoms with Crippen molar-refractivity contribution >= 4 is 29.1 Å². The van der Waals surface area contributed by atoms with Gasteiger partial charge in [-0.3, -0.25) is 9.59 Å². The van der Waals surface area contributed by atoms with Crippen molar-refractivity contribution in [2.45, 2.75) is 19.4 Å². The van der Waals surface area contributed by atoms with E-state index < -0.39 is 17.7 Å². The van der Waals surface area contributed by atoms with E-state index >= 15 is 0 Å². The van der Waals surface area contributed by atoms with Crippen LogP contribution >= 0.6 is 11.6 Å². The largest absolute Gasteiger partial charge is 0.507 e. The van der Waals surface area contributed by atoms with Crippen LogP contribution in [0.2, 0.25) is 5.02 Å². The first-order chi connectivity index (χ1) is 14.5. The fourth-order valence-electron chi connectivity index (χ4n) is 3.40. The lowest BCUT2D eigenvalue weighted by molar-refractivity contribution is -0.140. The summed E-state index contributed by atoms with van der Waals surface area (Å²) in [5, 5.41) is 11.6. The van der Waals surface area contributed by atoms with E-state index in [0.29, 0.717) is 28.5 Å². The van der Waals surface area contributed by atoms with Gasteiger partial charge in [0, 0.05) is 24.2 Å². The summed E-state index contributed by atoms with van der Waals surface area (Å²) >= 11 is 6.01. The molecule has 0 aliphatic carbocycles. The third kappa shape index (κ3) is 4.50. The molecule has 1 atom stereocenters. The van der Waals surface area contributed by atoms with Crippen molar-refractivity contribution < 1.29 is 24.2 Å². The van der Waals surface area contributed by atoms with E-state index in [9.17, 15) is 14.7 Å². The quantitative estimate of drug-likeness (QED) is 0.386. The molecule has 0 aromatic heterocycles. The number of carbonyl (C=O) groups excluding carboxylic acids is 2. The molecule has 1 aliphatic rings. The smallest absolute Gasteiger partial charge is 0.295 e. The topological polar surface area (TPSA) is 76.1 Å². The van der Waals surface area contributed by atoms with Gasteiger partial charge in [0.1, 0.15) is 11.5 Å². The van der Waals surface area contributed by atoms with Crippen molar-refractivity contribution in [3.8, 4) is 5.75 Å². The SMILES string of the molecule is CCCOc1cccc(/C(O)=C2/C(=O)C(=O)N(CCOC)C2c2ccc(Cl)cc2)c1. The minimum atomic E-state index is -0.738. The van der Waals surface area contributed by atoms with Crippen LogP contribution < -0.4 is 4.74 Å². The predicted octanol–water partition coefficient (Wildman–Crippen LogP) is 4.20. The van der Waals surface area contributed by atoms with Gasteiger partial charge in [0.15, 0.2) is 0 Å². The van der Waals surface area contributed by atoms with E-state index in [4.69, 9.17) is 21.1 Å². The summed E-state index contributed by atoms with van der Waals surface area (Å²) in [6.45, 7) is 3.01. The number of aliphatic hydroxyl groups excluding tert-OH is 1. The Balaban J connectivity index is 2.10. The highest BCUT2D eigenvalue weighted by atomic mass is 35.5. The van der Waals surface area contributed by atoms with Crippen LogP contribution in [-0.4, -0.2) is 48.6 Å². The Morgan fingerprint density at radius 3 is 2.53 bits per heavy atom. The Hall–Kier alpha value is -2.83. The molecule has 1 saturated heterocycles. The van der Waals surface area contributed by atoms with Gasteiger partial charge in [0.05, 0.1) is 24.8 Å². The summed E-state index contributed by atoms with van der Waals surface area (Å²) in [7, 11) is 1.52. The van der Waals surface area contributed by atoms with Gasteiger partial charge in [-0.05, 0) is 36.2 Å². The van der Waals surface area contributed by atoms with Crippen LogP contribution in [0, 0.1) is 0 Å². The van der Waals surface area contributed by atoms with Gasteiger partial charge in [-0.1, -0.05) is 42.8 Å². The first kappa shape index (κ1) is 21.9. The molecular weight excluding hydrogens is 406 g/mol. The fourth-order valence-corrected chi connectivity index (χ4v) is 3.53. The number of benzene rings is 2. The number of amides is 1. The number of rotatable bonds is 8. The van der Waals surface area contributed by atoms with Gasteiger partial charge in [0.25, 0.3) is 11.7 Å². The van der Waals surface area contributed by atoms with Crippen LogP contribution in [0.25, 0.3) is 5.76 Å². The van der Waals surface area contributed by atoms with Crippen LogP contribution in [0.5, 0.6) is 5.75 Å². The maximum Gasteiger partial charge on any atom is 0.295 e. The minimum Gasteiger partial charge on any atom is -0.507 e. The lowest BCUT2D eigenvalue weighted by atomic mass is 9.95. The molecule has 2 aromatic rings. The second kappa shape index (κ2) is 9.78. The molecule has 3 rings (SSSR count). The number of aliphatic hydroxyl groups is 1. The highest BCUT2D eigenvalue weighted by molar-refractivity contribution is 6.46. The predicted molar refractivity (Wildman–Crippen MR) is 115 cm³/mol. The zero-order valence-electron chi connectivity index (χ0n) is 16.9. The van der Waals surface area contributed by atoms with Gasteiger partial charge >= 0.3 is 0 Å². The summed E-state index contributed by atoms with van der Waals surface area (Å²) in [6, 6.07) is 13.0. The number of methoxy groups -OCH3 is 1. The van der Waals surface area contributed by atoms with Crippen molar-refractivity contribution in [1.29, 1.82) is 0 Å². The van der Waals surface area contributed by atoms with E-state index in [-0.39, 0.29) is 24.5 Å². The van der Waals surface area contributed by atoms with Crippen LogP contribution in [0.4, 0.5) is 0 Å². The van der Waals surface area contributed by atoms with Gasteiger partial charge < -0.3 is 19.5 Å². The fraction of sp³-hybridized carbons (Fsp3) is 0.304. The lowest BCUT2D eigenvalue weighted by Crippen LogP contribution is -2.32. The highest BCUT2D eigenvalue weighted by Crippen LogP contribution is 2.39. The van der Waals surface area contributed by atoms with Crippen LogP contribution in [0.15, 0.2) is 54.1 Å². The molecule has 158 valence electrons. The molecule has 1 fully saturated rings. The Morgan fingerprint density at radius 1 is 1.13 bits per heavy atom. The Morgan fingerprint density at radius 2 is 1.87 bits per heavy atom. The summed E-state index contributed by atoms with van der Waals surface area (Å²) < 4.78 is 10.7. The van der Waals surface area contributed by atoms with Gasteiger partial charge in [-0.2, -0.15) is 0 Å². The van der Waals surface area contributed by atoms with Gasteiger partial charge in [-0.25, -0.2) is 0 Å². The summed E-state index contributed by atoms with van der Waals surface area (Å²) in [6.07, 6.45) is 0.845. The van der Waals surface area contributed by atoms with E-state index in [1.165, 1.54) is 12.0 Å². The Bertz CT molecular complexity index is 954. The second-order valence-corrected chi connectivity index (χ2v) is 7.35. The van der Waals surface area contributed by atoms with E-state index in [1.54, 1.807) is 48.5 Å². The van der Waals surface area contributed by atoms with Crippen LogP contribution in [0.1, 0.15) is 30.5 Å². The number of carbonyl (C=O) groups is 2. The van der Waals surface area contributed by atoms with E-state index in [2.05, 4.69) is 0 Å². The Labute approximate surface area is 180 Å². The summed E-state index contributed by atoms with van der Waals surface area (Å²) in [5.74, 6) is -1.07. The summed E-state index contributed by atoms with van der Waals surface area (Å²) in [4.78, 5) is 27.0. The number of Topliss-reactive ketones (excluding diaryl/α,β-unsaturated/α-hetero) is 1. The van der Waals surface area contributed by atoms with Crippen molar-refractivity contribution in [2.75, 3.05) is 26.9 Å². The van der Waals surface area contributed by atoms with Crippen LogP contribution in [0.3, 0.4) is 0 Å². The minimum absolute atomic E-state index is 0.0334. The standard InChI is InChI=1S/C23H24ClNO5/c1-3-12-30-18-6-4-5-16(14-18)21(26)19-20(15-7-9-17(24)10-8-15)25(11-13-29-2)23(28)22(19)27/h4-10,14,20,26H,3,11-13H2,1-2H3/b21-19-. The maximum absolute atomic E-state index is 12.9. The number of hydrogen-bond donors (Lipinski definition) is 1. The zero-order valence-corrected chi connectivity index (χ0v) is 17.7. The zero-order chi connectivity index (χ0) is 21.7. The van der Waals surface area contributed by atoms with E-state index in [0.717, 1.165) is 6.42 Å². The first-order valence-electron chi connectivity index (χ1n) is 9.74. The number of likely N-dealkylation sites (tertiary alicyclic amines) is 1. The molecular formula is C23H24ClNO5. The third-order valence-electron chi connectivity index (χ3n) is 4.84. The van der Waals surface area contributed by atoms with Gasteiger partial charge in [0.2, 0.25) is 0 Å². The first-order valence-corrected chi connectivity index (χ1v) is 10.1. The van der Waals surface area contributed by atoms with Crippen molar-refractivity contribution in [1.82, 2.24) is 4.90 Å². The molecule has 6 nitrogen and oxygen atoms in total. The molecule has 2 aromatic carbocycles. The maximum atomic E-state index is 12.9. The monoisotopic (exact) mass is 429 g/mol. The second-order valence-electron chi connectivity index (χ2n) is 6.91. The number of halogens is 1. The normalized spacial score (nSPS) is 18.1. The molecule has 1 heterocycles. The third-order valence-corrected chi connectivity index (χ3v) is 5.09. The lowest BCUT2D eigenvalue weighted by Gasteiger charge is -2.25. The molecule has 1 amide bonds. The number of hydrogen-bond acceptors (Lipinski definition) is 5. The van der Waals surface area contributed by atoms with Crippen molar-refractivity contribution in [3.63, 3.8) is 0 Å². The summed E-state index contributed by atoms with van der Waals surface area (Å²) in [5.41, 5.74) is 1.12. The number of ether oxygens (including phenoxy) is 2. The average Bonchev–Trinajstić information content (AvgIpc) is 3.01.